The van der Waals surface area contributed by atoms with Gasteiger partial charge in [0.15, 0.2) is 5.82 Å². The van der Waals surface area contributed by atoms with E-state index in [0.29, 0.717) is 5.82 Å². The highest BCUT2D eigenvalue weighted by Gasteiger charge is 2.21. The Morgan fingerprint density at radius 1 is 0.442 bits per heavy atom. The number of hydrogen-bond acceptors (Lipinski definition) is 4. The predicted octanol–water partition coefficient (Wildman–Crippen LogP) is 12.5. The van der Waals surface area contributed by atoms with Crippen molar-refractivity contribution in [3.8, 4) is 62.1 Å². The fourth-order valence-electron chi connectivity index (χ4n) is 7.19. The van der Waals surface area contributed by atoms with E-state index in [1.165, 1.54) is 25.9 Å². The van der Waals surface area contributed by atoms with Gasteiger partial charge in [0.25, 0.3) is 0 Å². The van der Waals surface area contributed by atoms with Gasteiger partial charge in [-0.25, -0.2) is 15.0 Å². The van der Waals surface area contributed by atoms with Crippen molar-refractivity contribution in [3.05, 3.63) is 182 Å². The van der Waals surface area contributed by atoms with E-state index < -0.39 is 0 Å². The van der Waals surface area contributed by atoms with Crippen molar-refractivity contribution in [3.63, 3.8) is 0 Å². The third-order valence-corrected chi connectivity index (χ3v) is 10.9. The summed E-state index contributed by atoms with van der Waals surface area (Å²) >= 11 is 1.80. The maximum Gasteiger partial charge on any atom is 0.161 e. The van der Waals surface area contributed by atoms with Gasteiger partial charge in [-0.15, -0.1) is 11.3 Å². The number of imidazole rings is 1. The van der Waals surface area contributed by atoms with E-state index in [4.69, 9.17) is 15.0 Å². The van der Waals surface area contributed by atoms with Crippen LogP contribution >= 0.6 is 11.3 Å². The molecule has 0 unspecified atom stereocenters. The SMILES string of the molecule is c1ccc(-c2ccc(-c3cc(-c4ccccc4)nc(-c4cccc5sc6c(-c7nc8ccccc8n7-c7ccccc7)cccc6c45)n3)cc2)cc1. The third kappa shape index (κ3) is 5.18. The van der Waals surface area contributed by atoms with E-state index in [2.05, 4.69) is 174 Å². The summed E-state index contributed by atoms with van der Waals surface area (Å²) in [5, 5.41) is 2.32. The van der Waals surface area contributed by atoms with E-state index in [9.17, 15) is 0 Å². The molecule has 0 radical (unpaired) electrons. The molecule has 0 saturated carbocycles. The van der Waals surface area contributed by atoms with Crippen molar-refractivity contribution >= 4 is 42.5 Å². The van der Waals surface area contributed by atoms with Gasteiger partial charge in [-0.3, -0.25) is 4.57 Å². The number of para-hydroxylation sites is 3. The van der Waals surface area contributed by atoms with Crippen LogP contribution in [0.3, 0.4) is 0 Å². The third-order valence-electron chi connectivity index (χ3n) is 9.66. The fourth-order valence-corrected chi connectivity index (χ4v) is 8.43. The molecule has 4 nitrogen and oxygen atoms in total. The Balaban J connectivity index is 1.17. The van der Waals surface area contributed by atoms with E-state index in [1.807, 2.05) is 12.1 Å². The summed E-state index contributed by atoms with van der Waals surface area (Å²) in [4.78, 5) is 15.7. The molecule has 0 aliphatic rings. The molecule has 3 aromatic heterocycles. The van der Waals surface area contributed by atoms with Crippen molar-refractivity contribution in [1.29, 1.82) is 0 Å². The van der Waals surface area contributed by atoms with E-state index in [-0.39, 0.29) is 0 Å². The van der Waals surface area contributed by atoms with Crippen molar-refractivity contribution in [2.75, 3.05) is 0 Å². The van der Waals surface area contributed by atoms with Gasteiger partial charge in [-0.2, -0.15) is 0 Å². The van der Waals surface area contributed by atoms with Crippen LogP contribution in [0, 0.1) is 0 Å². The lowest BCUT2D eigenvalue weighted by Gasteiger charge is -2.11. The Labute approximate surface area is 305 Å². The van der Waals surface area contributed by atoms with Crippen LogP contribution in [0.2, 0.25) is 0 Å². The minimum absolute atomic E-state index is 0.704. The lowest BCUT2D eigenvalue weighted by molar-refractivity contribution is 1.11. The number of fused-ring (bicyclic) bond motifs is 4. The molecular formula is C47H30N4S. The summed E-state index contributed by atoms with van der Waals surface area (Å²) in [6, 6.07) is 63.5. The number of hydrogen-bond donors (Lipinski definition) is 0. The highest BCUT2D eigenvalue weighted by molar-refractivity contribution is 7.26. The number of aromatic nitrogens is 4. The number of nitrogens with zero attached hydrogens (tertiary/aromatic N) is 4. The van der Waals surface area contributed by atoms with Gasteiger partial charge in [-0.1, -0.05) is 140 Å². The first-order chi connectivity index (χ1) is 25.8. The van der Waals surface area contributed by atoms with Gasteiger partial charge in [0.1, 0.15) is 5.82 Å². The van der Waals surface area contributed by atoms with Gasteiger partial charge < -0.3 is 0 Å². The van der Waals surface area contributed by atoms with Gasteiger partial charge in [0.2, 0.25) is 0 Å². The first-order valence-electron chi connectivity index (χ1n) is 17.4. The van der Waals surface area contributed by atoms with Crippen molar-refractivity contribution in [2.45, 2.75) is 0 Å². The molecule has 3 heterocycles. The second-order valence-electron chi connectivity index (χ2n) is 12.8. The molecule has 0 aliphatic carbocycles. The highest BCUT2D eigenvalue weighted by atomic mass is 32.1. The molecular weight excluding hydrogens is 653 g/mol. The molecule has 0 saturated heterocycles. The van der Waals surface area contributed by atoms with Crippen LogP contribution in [-0.2, 0) is 0 Å². The lowest BCUT2D eigenvalue weighted by atomic mass is 10.0. The number of rotatable bonds is 6. The smallest absolute Gasteiger partial charge is 0.161 e. The summed E-state index contributed by atoms with van der Waals surface area (Å²) < 4.78 is 4.65. The molecule has 0 atom stereocenters. The minimum Gasteiger partial charge on any atom is -0.292 e. The minimum atomic E-state index is 0.704. The monoisotopic (exact) mass is 682 g/mol. The molecule has 0 amide bonds. The first-order valence-corrected chi connectivity index (χ1v) is 18.2. The molecule has 0 spiro atoms. The molecule has 10 rings (SSSR count). The average Bonchev–Trinajstić information content (AvgIpc) is 3.81. The summed E-state index contributed by atoms with van der Waals surface area (Å²) in [6.07, 6.45) is 0. The van der Waals surface area contributed by atoms with Crippen LogP contribution in [0.4, 0.5) is 0 Å². The van der Waals surface area contributed by atoms with Crippen molar-refractivity contribution < 1.29 is 0 Å². The van der Waals surface area contributed by atoms with Gasteiger partial charge in [-0.05, 0) is 53.6 Å². The Kier molecular flexibility index (Phi) is 7.29. The van der Waals surface area contributed by atoms with Gasteiger partial charge in [0.05, 0.1) is 22.4 Å². The summed E-state index contributed by atoms with van der Waals surface area (Å²) in [5.74, 6) is 1.63. The highest BCUT2D eigenvalue weighted by Crippen LogP contribution is 2.44. The normalized spacial score (nSPS) is 11.5. The van der Waals surface area contributed by atoms with Crippen molar-refractivity contribution in [2.24, 2.45) is 0 Å². The van der Waals surface area contributed by atoms with Crippen LogP contribution in [-0.4, -0.2) is 19.5 Å². The van der Waals surface area contributed by atoms with Crippen LogP contribution in [0.1, 0.15) is 0 Å². The Morgan fingerprint density at radius 2 is 1.02 bits per heavy atom. The maximum absolute atomic E-state index is 5.28. The molecule has 10 aromatic rings. The molecule has 52 heavy (non-hydrogen) atoms. The predicted molar refractivity (Wildman–Crippen MR) is 217 cm³/mol. The number of thiophene rings is 1. The van der Waals surface area contributed by atoms with E-state index >= 15 is 0 Å². The molecule has 5 heteroatoms. The topological polar surface area (TPSA) is 43.6 Å². The van der Waals surface area contributed by atoms with Gasteiger partial charge >= 0.3 is 0 Å². The fraction of sp³-hybridized carbons (Fsp3) is 0. The summed E-state index contributed by atoms with van der Waals surface area (Å²) in [6.45, 7) is 0. The number of benzene rings is 7. The first kappa shape index (κ1) is 30.2. The van der Waals surface area contributed by atoms with E-state index in [1.54, 1.807) is 11.3 Å². The summed E-state index contributed by atoms with van der Waals surface area (Å²) in [7, 11) is 0. The molecule has 0 aliphatic heterocycles. The maximum atomic E-state index is 5.28. The van der Waals surface area contributed by atoms with Crippen molar-refractivity contribution in [1.82, 2.24) is 19.5 Å². The largest absolute Gasteiger partial charge is 0.292 e. The molecule has 7 aromatic carbocycles. The Hall–Kier alpha value is -6.69. The standard InChI is InChI=1S/C47H30N4S/c1-4-14-31(15-5-1)32-26-28-34(29-27-32)41-30-40(33-16-6-2-7-17-33)48-46(49-41)37-21-13-25-43-44(37)36-20-12-22-38(45(36)52-43)47-50-39-23-10-11-24-42(39)51(47)35-18-8-3-9-19-35/h1-30H. The Morgan fingerprint density at radius 3 is 1.77 bits per heavy atom. The zero-order valence-corrected chi connectivity index (χ0v) is 28.8. The van der Waals surface area contributed by atoms with E-state index in [0.717, 1.165) is 61.6 Å². The van der Waals surface area contributed by atoms with Gasteiger partial charge in [0, 0.05) is 48.1 Å². The molecule has 0 N–H and O–H groups in total. The second-order valence-corrected chi connectivity index (χ2v) is 13.9. The Bertz CT molecular complexity index is 2880. The van der Waals surface area contributed by atoms with Crippen LogP contribution in [0.25, 0.3) is 93.3 Å². The second kappa shape index (κ2) is 12.6. The zero-order valence-electron chi connectivity index (χ0n) is 28.0. The average molecular weight is 683 g/mol. The zero-order chi connectivity index (χ0) is 34.4. The van der Waals surface area contributed by atoms with Crippen LogP contribution in [0.5, 0.6) is 0 Å². The molecule has 0 fully saturated rings. The quantitative estimate of drug-likeness (QED) is 0.175. The molecule has 244 valence electrons. The van der Waals surface area contributed by atoms with Crippen LogP contribution in [0.15, 0.2) is 182 Å². The summed E-state index contributed by atoms with van der Waals surface area (Å²) in [5.41, 5.74) is 11.5. The lowest BCUT2D eigenvalue weighted by Crippen LogP contribution is -1.97. The van der Waals surface area contributed by atoms with Crippen LogP contribution < -0.4 is 0 Å². The molecule has 0 bridgehead atoms.